The third-order valence-corrected chi connectivity index (χ3v) is 4.82. The van der Waals surface area contributed by atoms with Crippen LogP contribution < -0.4 is 9.64 Å². The fourth-order valence-electron chi connectivity index (χ4n) is 3.53. The quantitative estimate of drug-likeness (QED) is 0.470. The van der Waals surface area contributed by atoms with Crippen LogP contribution in [0.2, 0.25) is 0 Å². The Morgan fingerprint density at radius 2 is 1.84 bits per heavy atom. The molecule has 2 aliphatic rings. The van der Waals surface area contributed by atoms with E-state index < -0.39 is 16.9 Å². The minimum Gasteiger partial charge on any atom is -0.496 e. The lowest BCUT2D eigenvalue weighted by molar-refractivity contribution is -0.384. The molecule has 0 aliphatic carbocycles. The molecule has 134 valence electrons. The van der Waals surface area contributed by atoms with Gasteiger partial charge in [0.15, 0.2) is 0 Å². The number of imide groups is 1. The van der Waals surface area contributed by atoms with Crippen molar-refractivity contribution in [2.24, 2.45) is 0 Å². The highest BCUT2D eigenvalue weighted by molar-refractivity contribution is 6.23. The molecule has 0 saturated carbocycles. The molecular weight excluding hydrogens is 326 g/mol. The number of rotatable bonds is 4. The summed E-state index contributed by atoms with van der Waals surface area (Å²) in [6.07, 6.45) is 4.32. The van der Waals surface area contributed by atoms with Crippen LogP contribution in [0.1, 0.15) is 32.1 Å². The molecule has 2 aliphatic heterocycles. The van der Waals surface area contributed by atoms with E-state index in [1.807, 2.05) is 4.90 Å². The molecule has 0 spiro atoms. The monoisotopic (exact) mass is 347 g/mol. The number of anilines is 1. The van der Waals surface area contributed by atoms with Gasteiger partial charge in [-0.3, -0.25) is 24.6 Å². The molecular formula is C17H21N3O5. The number of nitro groups is 1. The van der Waals surface area contributed by atoms with Crippen LogP contribution in [-0.4, -0.2) is 47.9 Å². The van der Waals surface area contributed by atoms with Crippen molar-refractivity contribution in [1.82, 2.24) is 4.90 Å². The molecule has 2 amide bonds. The van der Waals surface area contributed by atoms with Crippen LogP contribution in [0.25, 0.3) is 0 Å². The SMILES string of the molecule is COc1ccc(N2C(=O)C[C@H](N3CCCCCC3)C2=O)c([N+](=O)[O-])c1. The van der Waals surface area contributed by atoms with Crippen molar-refractivity contribution >= 4 is 23.2 Å². The van der Waals surface area contributed by atoms with E-state index in [9.17, 15) is 19.7 Å². The first kappa shape index (κ1) is 17.3. The summed E-state index contributed by atoms with van der Waals surface area (Å²) in [6.45, 7) is 1.56. The largest absolute Gasteiger partial charge is 0.496 e. The average Bonchev–Trinajstić information content (AvgIpc) is 2.79. The van der Waals surface area contributed by atoms with Gasteiger partial charge in [0.1, 0.15) is 11.4 Å². The zero-order valence-electron chi connectivity index (χ0n) is 14.1. The Balaban J connectivity index is 1.91. The highest BCUT2D eigenvalue weighted by atomic mass is 16.6. The van der Waals surface area contributed by atoms with Gasteiger partial charge in [0, 0.05) is 0 Å². The van der Waals surface area contributed by atoms with Gasteiger partial charge in [-0.25, -0.2) is 4.90 Å². The Morgan fingerprint density at radius 3 is 2.44 bits per heavy atom. The summed E-state index contributed by atoms with van der Waals surface area (Å²) in [6, 6.07) is 3.63. The van der Waals surface area contributed by atoms with E-state index in [0.717, 1.165) is 43.7 Å². The molecule has 1 aromatic rings. The Kier molecular flexibility index (Phi) is 4.98. The maximum absolute atomic E-state index is 12.9. The molecule has 0 N–H and O–H groups in total. The number of hydrogen-bond acceptors (Lipinski definition) is 6. The number of likely N-dealkylation sites (tertiary alicyclic amines) is 1. The van der Waals surface area contributed by atoms with E-state index in [1.165, 1.54) is 25.3 Å². The zero-order chi connectivity index (χ0) is 18.0. The number of methoxy groups -OCH3 is 1. The summed E-state index contributed by atoms with van der Waals surface area (Å²) in [5.74, 6) is -0.466. The number of carbonyl (C=O) groups is 2. The second-order valence-electron chi connectivity index (χ2n) is 6.35. The van der Waals surface area contributed by atoms with Gasteiger partial charge in [0.25, 0.3) is 11.6 Å². The summed E-state index contributed by atoms with van der Waals surface area (Å²) in [5, 5.41) is 11.4. The molecule has 0 radical (unpaired) electrons. The van der Waals surface area contributed by atoms with E-state index >= 15 is 0 Å². The summed E-state index contributed by atoms with van der Waals surface area (Å²) in [5.41, 5.74) is -0.296. The number of nitrogens with zero attached hydrogens (tertiary/aromatic N) is 3. The van der Waals surface area contributed by atoms with Crippen molar-refractivity contribution in [2.75, 3.05) is 25.1 Å². The summed E-state index contributed by atoms with van der Waals surface area (Å²) in [4.78, 5) is 39.1. The zero-order valence-corrected chi connectivity index (χ0v) is 14.1. The molecule has 25 heavy (non-hydrogen) atoms. The van der Waals surface area contributed by atoms with E-state index in [-0.39, 0.29) is 23.7 Å². The van der Waals surface area contributed by atoms with Gasteiger partial charge in [-0.1, -0.05) is 12.8 Å². The topological polar surface area (TPSA) is 93.0 Å². The number of amides is 2. The highest BCUT2D eigenvalue weighted by Gasteiger charge is 2.44. The lowest BCUT2D eigenvalue weighted by Gasteiger charge is -2.25. The Bertz CT molecular complexity index is 698. The van der Waals surface area contributed by atoms with Crippen LogP contribution in [0.5, 0.6) is 5.75 Å². The maximum atomic E-state index is 12.9. The minimum absolute atomic E-state index is 0.0121. The van der Waals surface area contributed by atoms with Gasteiger partial charge in [0.2, 0.25) is 5.91 Å². The second-order valence-corrected chi connectivity index (χ2v) is 6.35. The summed E-state index contributed by atoms with van der Waals surface area (Å²) in [7, 11) is 1.40. The lowest BCUT2D eigenvalue weighted by atomic mass is 10.2. The Hall–Kier alpha value is -2.48. The smallest absolute Gasteiger partial charge is 0.297 e. The molecule has 0 aromatic heterocycles. The number of carbonyl (C=O) groups excluding carboxylic acids is 2. The molecule has 3 rings (SSSR count). The number of ether oxygens (including phenoxy) is 1. The third-order valence-electron chi connectivity index (χ3n) is 4.82. The summed E-state index contributed by atoms with van der Waals surface area (Å²) < 4.78 is 5.01. The van der Waals surface area contributed by atoms with Crippen molar-refractivity contribution in [3.63, 3.8) is 0 Å². The van der Waals surface area contributed by atoms with E-state index in [0.29, 0.717) is 5.75 Å². The molecule has 0 unspecified atom stereocenters. The van der Waals surface area contributed by atoms with Gasteiger partial charge >= 0.3 is 0 Å². The fraction of sp³-hybridized carbons (Fsp3) is 0.529. The van der Waals surface area contributed by atoms with Crippen molar-refractivity contribution in [3.05, 3.63) is 28.3 Å². The van der Waals surface area contributed by atoms with Gasteiger partial charge < -0.3 is 4.74 Å². The van der Waals surface area contributed by atoms with Gasteiger partial charge in [-0.15, -0.1) is 0 Å². The van der Waals surface area contributed by atoms with Crippen LogP contribution in [0.3, 0.4) is 0 Å². The average molecular weight is 347 g/mol. The van der Waals surface area contributed by atoms with E-state index in [2.05, 4.69) is 0 Å². The first-order valence-electron chi connectivity index (χ1n) is 8.46. The second kappa shape index (κ2) is 7.18. The number of nitro benzene ring substituents is 1. The minimum atomic E-state index is -0.600. The van der Waals surface area contributed by atoms with Crippen molar-refractivity contribution in [3.8, 4) is 5.75 Å². The number of hydrogen-bond donors (Lipinski definition) is 0. The third kappa shape index (κ3) is 3.34. The lowest BCUT2D eigenvalue weighted by Crippen LogP contribution is -2.42. The molecule has 1 aromatic carbocycles. The van der Waals surface area contributed by atoms with Crippen LogP contribution >= 0.6 is 0 Å². The predicted molar refractivity (Wildman–Crippen MR) is 90.6 cm³/mol. The van der Waals surface area contributed by atoms with Gasteiger partial charge in [-0.2, -0.15) is 0 Å². The fourth-order valence-corrected chi connectivity index (χ4v) is 3.53. The van der Waals surface area contributed by atoms with E-state index in [4.69, 9.17) is 4.74 Å². The standard InChI is InChI=1S/C17H21N3O5/c1-25-12-6-7-13(14(10-12)20(23)24)19-16(21)11-15(17(19)22)18-8-4-2-3-5-9-18/h6-7,10,15H,2-5,8-9,11H2,1H3/t15-/m0/s1. The van der Waals surface area contributed by atoms with Gasteiger partial charge in [-0.05, 0) is 38.1 Å². The van der Waals surface area contributed by atoms with E-state index in [1.54, 1.807) is 0 Å². The van der Waals surface area contributed by atoms with Crippen molar-refractivity contribution in [2.45, 2.75) is 38.1 Å². The van der Waals surface area contributed by atoms with Crippen LogP contribution in [-0.2, 0) is 9.59 Å². The maximum Gasteiger partial charge on any atom is 0.297 e. The summed E-state index contributed by atoms with van der Waals surface area (Å²) >= 11 is 0. The van der Waals surface area contributed by atoms with Crippen molar-refractivity contribution in [1.29, 1.82) is 0 Å². The van der Waals surface area contributed by atoms with Gasteiger partial charge in [0.05, 0.1) is 30.6 Å². The first-order valence-corrected chi connectivity index (χ1v) is 8.46. The normalized spacial score (nSPS) is 22.1. The molecule has 2 heterocycles. The van der Waals surface area contributed by atoms with Crippen molar-refractivity contribution < 1.29 is 19.2 Å². The van der Waals surface area contributed by atoms with Crippen LogP contribution in [0, 0.1) is 10.1 Å². The Morgan fingerprint density at radius 1 is 1.16 bits per heavy atom. The predicted octanol–water partition coefficient (Wildman–Crippen LogP) is 2.11. The Labute approximate surface area is 145 Å². The van der Waals surface area contributed by atoms with Crippen LogP contribution in [0.15, 0.2) is 18.2 Å². The molecule has 8 nitrogen and oxygen atoms in total. The molecule has 0 bridgehead atoms. The first-order chi connectivity index (χ1) is 12.0. The molecule has 8 heteroatoms. The number of benzene rings is 1. The molecule has 1 atom stereocenters. The molecule has 2 fully saturated rings. The highest BCUT2D eigenvalue weighted by Crippen LogP contribution is 2.36. The van der Waals surface area contributed by atoms with Crippen LogP contribution in [0.4, 0.5) is 11.4 Å². The molecule has 2 saturated heterocycles.